The predicted octanol–water partition coefficient (Wildman–Crippen LogP) is 2.46. The average molecular weight is 367 g/mol. The Labute approximate surface area is 153 Å². The van der Waals surface area contributed by atoms with Gasteiger partial charge in [-0.15, -0.1) is 11.3 Å². The van der Waals surface area contributed by atoms with E-state index in [0.29, 0.717) is 6.54 Å². The molecule has 25 heavy (non-hydrogen) atoms. The van der Waals surface area contributed by atoms with Crippen molar-refractivity contribution in [1.82, 2.24) is 9.55 Å². The van der Waals surface area contributed by atoms with Gasteiger partial charge in [0.25, 0.3) is 5.56 Å². The summed E-state index contributed by atoms with van der Waals surface area (Å²) in [6.07, 6.45) is 3.74. The third kappa shape index (κ3) is 2.81. The Hall–Kier alpha value is -2.31. The number of fused-ring (bicyclic) bond motifs is 1. The summed E-state index contributed by atoms with van der Waals surface area (Å²) in [5.74, 6) is 0. The SMILES string of the molecule is CCn1c(=O)/c(=C2/Sc3ccccc3N2C)s/c1=C\c1ccccn1. The number of thiazole rings is 1. The van der Waals surface area contributed by atoms with Crippen LogP contribution in [0.4, 0.5) is 5.69 Å². The van der Waals surface area contributed by atoms with Crippen molar-refractivity contribution in [2.45, 2.75) is 18.4 Å². The molecule has 0 spiro atoms. The molecule has 1 aliphatic heterocycles. The van der Waals surface area contributed by atoms with Gasteiger partial charge in [0.05, 0.1) is 11.4 Å². The number of benzene rings is 1. The van der Waals surface area contributed by atoms with E-state index < -0.39 is 0 Å². The molecule has 0 atom stereocenters. The number of aromatic nitrogens is 2. The van der Waals surface area contributed by atoms with Crippen molar-refractivity contribution in [3.8, 4) is 0 Å². The van der Waals surface area contributed by atoms with Crippen molar-refractivity contribution >= 4 is 39.9 Å². The Morgan fingerprint density at radius 2 is 1.96 bits per heavy atom. The van der Waals surface area contributed by atoms with E-state index in [0.717, 1.165) is 25.6 Å². The highest BCUT2D eigenvalue weighted by atomic mass is 32.2. The summed E-state index contributed by atoms with van der Waals surface area (Å²) in [7, 11) is 2.02. The normalized spacial score (nSPS) is 16.4. The van der Waals surface area contributed by atoms with Gasteiger partial charge < -0.3 is 4.90 Å². The second-order valence-corrected chi connectivity index (χ2v) is 7.71. The highest BCUT2D eigenvalue weighted by Crippen LogP contribution is 2.44. The van der Waals surface area contributed by atoms with Crippen LogP contribution < -0.4 is 19.7 Å². The summed E-state index contributed by atoms with van der Waals surface area (Å²) in [5, 5.41) is 0.999. The minimum absolute atomic E-state index is 0.0665. The highest BCUT2D eigenvalue weighted by molar-refractivity contribution is 8.08. The lowest BCUT2D eigenvalue weighted by atomic mass is 10.3. The smallest absolute Gasteiger partial charge is 0.271 e. The number of thioether (sulfide) groups is 1. The zero-order valence-electron chi connectivity index (χ0n) is 14.0. The molecule has 4 nitrogen and oxygen atoms in total. The largest absolute Gasteiger partial charge is 0.337 e. The van der Waals surface area contributed by atoms with E-state index in [1.807, 2.05) is 54.9 Å². The van der Waals surface area contributed by atoms with Crippen molar-refractivity contribution in [2.24, 2.45) is 0 Å². The van der Waals surface area contributed by atoms with E-state index >= 15 is 0 Å². The Morgan fingerprint density at radius 1 is 1.16 bits per heavy atom. The van der Waals surface area contributed by atoms with Crippen LogP contribution in [0.25, 0.3) is 11.1 Å². The van der Waals surface area contributed by atoms with Crippen LogP contribution in [0.2, 0.25) is 0 Å². The van der Waals surface area contributed by atoms with E-state index in [2.05, 4.69) is 22.0 Å². The minimum Gasteiger partial charge on any atom is -0.337 e. The summed E-state index contributed by atoms with van der Waals surface area (Å²) in [6.45, 7) is 2.64. The predicted molar refractivity (Wildman–Crippen MR) is 105 cm³/mol. The molecule has 3 aromatic rings. The molecule has 6 heteroatoms. The first-order valence-electron chi connectivity index (χ1n) is 8.06. The quantitative estimate of drug-likeness (QED) is 0.697. The Kier molecular flexibility index (Phi) is 4.23. The first-order chi connectivity index (χ1) is 12.2. The maximum absolute atomic E-state index is 13.0. The molecule has 0 aliphatic carbocycles. The Morgan fingerprint density at radius 3 is 2.68 bits per heavy atom. The molecule has 1 aliphatic rings. The first kappa shape index (κ1) is 16.2. The molecule has 0 fully saturated rings. The molecule has 0 bridgehead atoms. The van der Waals surface area contributed by atoms with E-state index in [1.54, 1.807) is 18.0 Å². The first-order valence-corrected chi connectivity index (χ1v) is 9.69. The van der Waals surface area contributed by atoms with Gasteiger partial charge >= 0.3 is 0 Å². The second-order valence-electron chi connectivity index (χ2n) is 5.65. The summed E-state index contributed by atoms with van der Waals surface area (Å²) in [4.78, 5) is 20.6. The summed E-state index contributed by atoms with van der Waals surface area (Å²) < 4.78 is 3.53. The molecule has 4 rings (SSSR count). The minimum atomic E-state index is 0.0665. The molecule has 2 aromatic heterocycles. The van der Waals surface area contributed by atoms with Crippen LogP contribution in [0.1, 0.15) is 12.6 Å². The van der Waals surface area contributed by atoms with Gasteiger partial charge in [0.1, 0.15) is 14.2 Å². The van der Waals surface area contributed by atoms with Crippen molar-refractivity contribution < 1.29 is 0 Å². The fourth-order valence-electron chi connectivity index (χ4n) is 2.86. The molecule has 0 unspecified atom stereocenters. The topological polar surface area (TPSA) is 38.1 Å². The van der Waals surface area contributed by atoms with Gasteiger partial charge in [-0.3, -0.25) is 14.3 Å². The van der Waals surface area contributed by atoms with Gasteiger partial charge in [-0.25, -0.2) is 0 Å². The second kappa shape index (κ2) is 6.54. The number of nitrogens with zero attached hydrogens (tertiary/aromatic N) is 3. The van der Waals surface area contributed by atoms with Crippen LogP contribution in [-0.4, -0.2) is 16.6 Å². The molecular weight excluding hydrogens is 350 g/mol. The number of para-hydroxylation sites is 1. The van der Waals surface area contributed by atoms with Crippen LogP contribution in [0.15, 0.2) is 58.4 Å². The molecule has 1 aromatic carbocycles. The van der Waals surface area contributed by atoms with Gasteiger partial charge in [-0.2, -0.15) is 0 Å². The number of hydrogen-bond donors (Lipinski definition) is 0. The van der Waals surface area contributed by atoms with Gasteiger partial charge in [-0.05, 0) is 37.3 Å². The van der Waals surface area contributed by atoms with Crippen LogP contribution in [0.3, 0.4) is 0 Å². The lowest BCUT2D eigenvalue weighted by Gasteiger charge is -2.11. The molecule has 0 amide bonds. The lowest BCUT2D eigenvalue weighted by molar-refractivity contribution is 0.722. The Bertz CT molecular complexity index is 1100. The zero-order chi connectivity index (χ0) is 17.4. The van der Waals surface area contributed by atoms with Crippen LogP contribution in [0, 0.1) is 0 Å². The summed E-state index contributed by atoms with van der Waals surface area (Å²) in [5.41, 5.74) is 2.07. The Balaban J connectivity index is 1.94. The number of hydrogen-bond acceptors (Lipinski definition) is 5. The van der Waals surface area contributed by atoms with Crippen molar-refractivity contribution in [3.05, 3.63) is 73.9 Å². The number of pyridine rings is 1. The van der Waals surface area contributed by atoms with Crippen LogP contribution >= 0.6 is 23.1 Å². The van der Waals surface area contributed by atoms with Crippen molar-refractivity contribution in [2.75, 3.05) is 11.9 Å². The molecule has 0 N–H and O–H groups in total. The molecule has 0 saturated heterocycles. The zero-order valence-corrected chi connectivity index (χ0v) is 15.6. The average Bonchev–Trinajstić information content (AvgIpc) is 3.13. The monoisotopic (exact) mass is 367 g/mol. The van der Waals surface area contributed by atoms with Crippen molar-refractivity contribution in [3.63, 3.8) is 0 Å². The lowest BCUT2D eigenvalue weighted by Crippen LogP contribution is -2.33. The third-order valence-corrected chi connectivity index (χ3v) is 6.60. The van der Waals surface area contributed by atoms with Crippen molar-refractivity contribution in [1.29, 1.82) is 0 Å². The van der Waals surface area contributed by atoms with E-state index in [1.165, 1.54) is 16.2 Å². The maximum atomic E-state index is 13.0. The van der Waals surface area contributed by atoms with E-state index in [4.69, 9.17) is 0 Å². The third-order valence-electron chi connectivity index (χ3n) is 4.12. The van der Waals surface area contributed by atoms with Gasteiger partial charge in [0.2, 0.25) is 0 Å². The summed E-state index contributed by atoms with van der Waals surface area (Å²) in [6, 6.07) is 14.0. The number of anilines is 1. The molecule has 3 heterocycles. The maximum Gasteiger partial charge on any atom is 0.271 e. The molecular formula is C19H17N3OS2. The van der Waals surface area contributed by atoms with E-state index in [-0.39, 0.29) is 5.56 Å². The standard InChI is InChI=1S/C19H17N3OS2/c1-3-22-16(12-13-8-6-7-11-20-13)25-17(18(22)23)19-21(2)14-9-4-5-10-15(14)24-19/h4-12H,3H2,1-2H3/b16-12-,19-17-. The highest BCUT2D eigenvalue weighted by Gasteiger charge is 2.24. The molecule has 126 valence electrons. The summed E-state index contributed by atoms with van der Waals surface area (Å²) >= 11 is 3.19. The molecule has 0 saturated carbocycles. The fourth-order valence-corrected chi connectivity index (χ4v) is 5.32. The van der Waals surface area contributed by atoms with Gasteiger partial charge in [-0.1, -0.05) is 30.0 Å². The molecule has 0 radical (unpaired) electrons. The fraction of sp³-hybridized carbons (Fsp3) is 0.158. The van der Waals surface area contributed by atoms with E-state index in [9.17, 15) is 4.79 Å². The number of rotatable bonds is 2. The van der Waals surface area contributed by atoms with Crippen LogP contribution in [-0.2, 0) is 6.54 Å². The van der Waals surface area contributed by atoms with Gasteiger partial charge in [0, 0.05) is 24.7 Å². The van der Waals surface area contributed by atoms with Crippen LogP contribution in [0.5, 0.6) is 0 Å². The van der Waals surface area contributed by atoms with Gasteiger partial charge in [0.15, 0.2) is 0 Å².